The first-order chi connectivity index (χ1) is 39.6. The highest BCUT2D eigenvalue weighted by molar-refractivity contribution is 7.47. The van der Waals surface area contributed by atoms with Crippen molar-refractivity contribution >= 4 is 39.5 Å². The van der Waals surface area contributed by atoms with Crippen LogP contribution in [0.5, 0.6) is 0 Å². The fourth-order valence-corrected chi connectivity index (χ4v) is 11.0. The molecule has 0 aromatic heterocycles. The Morgan fingerprint density at radius 2 is 0.585 bits per heavy atom. The predicted octanol–water partition coefficient (Wildman–Crippen LogP) is 17.4. The van der Waals surface area contributed by atoms with Crippen LogP contribution in [-0.2, 0) is 65.4 Å². The lowest BCUT2D eigenvalue weighted by molar-refractivity contribution is -0.161. The summed E-state index contributed by atoms with van der Waals surface area (Å²) in [7, 11) is -9.88. The average Bonchev–Trinajstić information content (AvgIpc) is 3.46. The second-order valence-corrected chi connectivity index (χ2v) is 25.9. The van der Waals surface area contributed by atoms with Gasteiger partial charge in [-0.05, 0) is 31.6 Å². The van der Waals surface area contributed by atoms with Gasteiger partial charge in [-0.15, -0.1) is 0 Å². The van der Waals surface area contributed by atoms with E-state index >= 15 is 0 Å². The Morgan fingerprint density at radius 1 is 0.341 bits per heavy atom. The fourth-order valence-electron chi connectivity index (χ4n) is 9.37. The molecule has 0 aliphatic heterocycles. The van der Waals surface area contributed by atoms with Gasteiger partial charge in [0.1, 0.15) is 19.3 Å². The lowest BCUT2D eigenvalue weighted by atomic mass is 10.00. The van der Waals surface area contributed by atoms with Gasteiger partial charge in [0.15, 0.2) is 12.2 Å². The van der Waals surface area contributed by atoms with E-state index in [0.29, 0.717) is 25.7 Å². The molecule has 0 aliphatic rings. The molecule has 0 fully saturated rings. The minimum atomic E-state index is -4.94. The van der Waals surface area contributed by atoms with Crippen molar-refractivity contribution in [2.45, 2.75) is 335 Å². The van der Waals surface area contributed by atoms with Crippen LogP contribution in [0.2, 0.25) is 0 Å². The Hall–Kier alpha value is -1.94. The number of phosphoric ester groups is 2. The standard InChI is InChI=1S/C63H122O17P2/c1-6-10-13-16-19-22-24-26-28-31-37-42-47-61(66)74-52-58(79-62(67)48-43-38-32-29-27-25-23-20-17-14-11-7-2)54-77-81(69,70)75-50-57(64)51-76-82(71,72)78-55-59(53-73-60(65)46-41-36-30-21-18-15-12-8-3)80-63(68)49-44-39-34-33-35-40-45-56(5)9-4/h56-59,64H,6-55H2,1-5H3,(H,69,70)(H,71,72)/t56?,57-,58-,59-/m1/s1. The maximum atomic E-state index is 13.0. The zero-order chi connectivity index (χ0) is 60.6. The number of hydrogen-bond donors (Lipinski definition) is 3. The van der Waals surface area contributed by atoms with Gasteiger partial charge < -0.3 is 33.8 Å². The van der Waals surface area contributed by atoms with Crippen molar-refractivity contribution in [3.05, 3.63) is 0 Å². The summed E-state index contributed by atoms with van der Waals surface area (Å²) < 4.78 is 67.9. The molecule has 0 aromatic rings. The van der Waals surface area contributed by atoms with Crippen molar-refractivity contribution in [3.63, 3.8) is 0 Å². The summed E-state index contributed by atoms with van der Waals surface area (Å²) in [6, 6.07) is 0. The SMILES string of the molecule is CCCCCCCCCCCCCCC(=O)OC[C@H](COP(=O)(O)OC[C@@H](O)COP(=O)(O)OC[C@@H](COC(=O)CCCCCCCCCC)OC(=O)CCCCCCCCC(C)CC)OC(=O)CCCCCCCCCCCCCC. The van der Waals surface area contributed by atoms with Crippen molar-refractivity contribution in [3.8, 4) is 0 Å². The molecule has 0 radical (unpaired) electrons. The minimum absolute atomic E-state index is 0.103. The normalized spacial score (nSPS) is 14.6. The van der Waals surface area contributed by atoms with E-state index in [2.05, 4.69) is 34.6 Å². The van der Waals surface area contributed by atoms with E-state index in [1.165, 1.54) is 135 Å². The molecular formula is C63H122O17P2. The van der Waals surface area contributed by atoms with Crippen LogP contribution in [0.15, 0.2) is 0 Å². The number of esters is 4. The molecule has 0 aromatic carbocycles. The molecule has 6 atom stereocenters. The molecule has 0 saturated heterocycles. The summed E-state index contributed by atoms with van der Waals surface area (Å²) in [5.74, 6) is -1.42. The molecule has 19 heteroatoms. The molecule has 0 aliphatic carbocycles. The van der Waals surface area contributed by atoms with E-state index in [4.69, 9.17) is 37.0 Å². The van der Waals surface area contributed by atoms with Crippen LogP contribution in [0.4, 0.5) is 0 Å². The van der Waals surface area contributed by atoms with Crippen LogP contribution < -0.4 is 0 Å². The quantitative estimate of drug-likeness (QED) is 0.0222. The number of unbranched alkanes of at least 4 members (excludes halogenated alkanes) is 34. The molecule has 17 nitrogen and oxygen atoms in total. The fraction of sp³-hybridized carbons (Fsp3) is 0.937. The van der Waals surface area contributed by atoms with E-state index in [-0.39, 0.29) is 25.7 Å². The lowest BCUT2D eigenvalue weighted by Crippen LogP contribution is -2.30. The minimum Gasteiger partial charge on any atom is -0.462 e. The van der Waals surface area contributed by atoms with Gasteiger partial charge in [-0.2, -0.15) is 0 Å². The number of carbonyl (C=O) groups excluding carboxylic acids is 4. The Morgan fingerprint density at radius 3 is 0.866 bits per heavy atom. The molecule has 0 bridgehead atoms. The van der Waals surface area contributed by atoms with Crippen LogP contribution in [0.25, 0.3) is 0 Å². The summed E-state index contributed by atoms with van der Waals surface area (Å²) >= 11 is 0. The Balaban J connectivity index is 5.23. The number of rotatable bonds is 63. The van der Waals surface area contributed by atoms with E-state index in [9.17, 15) is 43.2 Å². The smallest absolute Gasteiger partial charge is 0.462 e. The monoisotopic (exact) mass is 1210 g/mol. The van der Waals surface area contributed by atoms with E-state index in [0.717, 1.165) is 102 Å². The Kier molecular flexibility index (Phi) is 55.5. The zero-order valence-corrected chi connectivity index (χ0v) is 54.4. The molecule has 486 valence electrons. The summed E-state index contributed by atoms with van der Waals surface area (Å²) in [4.78, 5) is 72.1. The van der Waals surface area contributed by atoms with Crippen molar-refractivity contribution in [2.24, 2.45) is 5.92 Å². The van der Waals surface area contributed by atoms with Gasteiger partial charge in [0.25, 0.3) is 0 Å². The first-order valence-electron chi connectivity index (χ1n) is 33.2. The number of aliphatic hydroxyl groups is 1. The Bertz CT molecular complexity index is 1600. The highest BCUT2D eigenvalue weighted by atomic mass is 31.2. The highest BCUT2D eigenvalue weighted by Crippen LogP contribution is 2.45. The summed E-state index contributed by atoms with van der Waals surface area (Å²) in [5.41, 5.74) is 0. The molecule has 0 heterocycles. The van der Waals surface area contributed by atoms with Crippen LogP contribution in [-0.4, -0.2) is 96.7 Å². The summed E-state index contributed by atoms with van der Waals surface area (Å²) in [6.45, 7) is 7.11. The van der Waals surface area contributed by atoms with Gasteiger partial charge in [-0.25, -0.2) is 9.13 Å². The highest BCUT2D eigenvalue weighted by Gasteiger charge is 2.30. The molecular weight excluding hydrogens is 1090 g/mol. The zero-order valence-electron chi connectivity index (χ0n) is 52.6. The van der Waals surface area contributed by atoms with Gasteiger partial charge in [0.05, 0.1) is 26.4 Å². The van der Waals surface area contributed by atoms with Crippen LogP contribution >= 0.6 is 15.6 Å². The third-order valence-electron chi connectivity index (χ3n) is 14.9. The molecule has 0 spiro atoms. The molecule has 82 heavy (non-hydrogen) atoms. The van der Waals surface area contributed by atoms with Gasteiger partial charge >= 0.3 is 39.5 Å². The van der Waals surface area contributed by atoms with Crippen LogP contribution in [0.1, 0.15) is 317 Å². The topological polar surface area (TPSA) is 237 Å². The Labute approximate surface area is 498 Å². The summed E-state index contributed by atoms with van der Waals surface area (Å²) in [6.07, 6.45) is 40.3. The second-order valence-electron chi connectivity index (χ2n) is 23.0. The number of hydrogen-bond acceptors (Lipinski definition) is 15. The molecule has 0 amide bonds. The molecule has 0 saturated carbocycles. The summed E-state index contributed by atoms with van der Waals surface area (Å²) in [5, 5.41) is 10.5. The van der Waals surface area contributed by atoms with Crippen molar-refractivity contribution in [2.75, 3.05) is 39.6 Å². The largest absolute Gasteiger partial charge is 0.472 e. The maximum Gasteiger partial charge on any atom is 0.472 e. The van der Waals surface area contributed by atoms with Gasteiger partial charge in [0, 0.05) is 25.7 Å². The number of aliphatic hydroxyl groups excluding tert-OH is 1. The van der Waals surface area contributed by atoms with Gasteiger partial charge in [-0.3, -0.25) is 37.3 Å². The first kappa shape index (κ1) is 80.1. The van der Waals surface area contributed by atoms with Crippen LogP contribution in [0, 0.1) is 5.92 Å². The first-order valence-corrected chi connectivity index (χ1v) is 36.2. The predicted molar refractivity (Wildman–Crippen MR) is 326 cm³/mol. The lowest BCUT2D eigenvalue weighted by Gasteiger charge is -2.21. The average molecular weight is 1210 g/mol. The second kappa shape index (κ2) is 56.8. The van der Waals surface area contributed by atoms with Crippen molar-refractivity contribution < 1.29 is 80.2 Å². The molecule has 3 unspecified atom stereocenters. The van der Waals surface area contributed by atoms with E-state index in [1.807, 2.05) is 0 Å². The van der Waals surface area contributed by atoms with Gasteiger partial charge in [0.2, 0.25) is 0 Å². The van der Waals surface area contributed by atoms with Crippen molar-refractivity contribution in [1.29, 1.82) is 0 Å². The number of ether oxygens (including phenoxy) is 4. The molecule has 0 rings (SSSR count). The number of carbonyl (C=O) groups is 4. The van der Waals surface area contributed by atoms with Crippen LogP contribution in [0.3, 0.4) is 0 Å². The van der Waals surface area contributed by atoms with Crippen molar-refractivity contribution in [1.82, 2.24) is 0 Å². The third-order valence-corrected chi connectivity index (χ3v) is 16.8. The van der Waals surface area contributed by atoms with E-state index < -0.39 is 97.5 Å². The van der Waals surface area contributed by atoms with Gasteiger partial charge in [-0.1, -0.05) is 266 Å². The number of phosphoric acid groups is 2. The van der Waals surface area contributed by atoms with E-state index in [1.54, 1.807) is 0 Å². The third kappa shape index (κ3) is 55.9. The molecule has 3 N–H and O–H groups in total. The maximum absolute atomic E-state index is 13.0.